The van der Waals surface area contributed by atoms with Gasteiger partial charge in [-0.1, -0.05) is 12.1 Å². The van der Waals surface area contributed by atoms with Gasteiger partial charge in [0.25, 0.3) is 5.69 Å². The molecule has 0 aliphatic carbocycles. The van der Waals surface area contributed by atoms with Crippen molar-refractivity contribution in [1.82, 2.24) is 15.1 Å². The lowest BCUT2D eigenvalue weighted by molar-refractivity contribution is -0.385. The highest BCUT2D eigenvalue weighted by atomic mass is 16.6. The molecule has 1 fully saturated rings. The zero-order valence-electron chi connectivity index (χ0n) is 12.7. The Labute approximate surface area is 129 Å². The number of H-pyrrole nitrogens is 1. The fourth-order valence-corrected chi connectivity index (χ4v) is 3.10. The number of hydrogen-bond donors (Lipinski definition) is 1. The molecule has 2 heterocycles. The molecule has 6 nitrogen and oxygen atoms in total. The minimum absolute atomic E-state index is 0.213. The van der Waals surface area contributed by atoms with Gasteiger partial charge in [0.1, 0.15) is 0 Å². The molecule has 0 spiro atoms. The molecule has 2 aromatic rings. The van der Waals surface area contributed by atoms with Crippen LogP contribution in [0.15, 0.2) is 30.5 Å². The van der Waals surface area contributed by atoms with Crippen molar-refractivity contribution in [3.8, 4) is 0 Å². The van der Waals surface area contributed by atoms with Gasteiger partial charge in [0.15, 0.2) is 0 Å². The monoisotopic (exact) mass is 300 g/mol. The van der Waals surface area contributed by atoms with Gasteiger partial charge in [0, 0.05) is 36.0 Å². The number of likely N-dealkylation sites (tertiary alicyclic amines) is 1. The van der Waals surface area contributed by atoms with Crippen LogP contribution in [-0.2, 0) is 6.54 Å². The lowest BCUT2D eigenvalue weighted by Gasteiger charge is -2.31. The summed E-state index contributed by atoms with van der Waals surface area (Å²) in [6.07, 6.45) is 3.99. The van der Waals surface area contributed by atoms with Crippen LogP contribution in [0.5, 0.6) is 0 Å². The van der Waals surface area contributed by atoms with E-state index in [0.29, 0.717) is 11.5 Å². The van der Waals surface area contributed by atoms with Crippen LogP contribution in [0.4, 0.5) is 5.69 Å². The largest absolute Gasteiger partial charge is 0.299 e. The summed E-state index contributed by atoms with van der Waals surface area (Å²) in [5.41, 5.74) is 3.15. The van der Waals surface area contributed by atoms with Crippen molar-refractivity contribution in [2.24, 2.45) is 0 Å². The third-order valence-corrected chi connectivity index (χ3v) is 4.43. The number of nitro benzene ring substituents is 1. The molecule has 0 atom stereocenters. The van der Waals surface area contributed by atoms with Gasteiger partial charge >= 0.3 is 0 Å². The quantitative estimate of drug-likeness (QED) is 0.695. The maximum atomic E-state index is 11.0. The average molecular weight is 300 g/mol. The van der Waals surface area contributed by atoms with Crippen molar-refractivity contribution in [2.75, 3.05) is 13.1 Å². The maximum absolute atomic E-state index is 11.0. The molecule has 1 aromatic heterocycles. The van der Waals surface area contributed by atoms with Gasteiger partial charge in [-0.05, 0) is 44.5 Å². The predicted molar refractivity (Wildman–Crippen MR) is 83.7 cm³/mol. The third kappa shape index (κ3) is 3.17. The average Bonchev–Trinajstić information content (AvgIpc) is 3.04. The molecule has 6 heteroatoms. The molecule has 1 aromatic carbocycles. The zero-order chi connectivity index (χ0) is 15.5. The number of benzene rings is 1. The van der Waals surface area contributed by atoms with E-state index in [0.717, 1.165) is 38.0 Å². The van der Waals surface area contributed by atoms with Crippen LogP contribution in [0.1, 0.15) is 35.6 Å². The Morgan fingerprint density at radius 1 is 1.36 bits per heavy atom. The molecule has 0 bridgehead atoms. The first kappa shape index (κ1) is 14.7. The van der Waals surface area contributed by atoms with Crippen LogP contribution >= 0.6 is 0 Å². The van der Waals surface area contributed by atoms with E-state index < -0.39 is 0 Å². The summed E-state index contributed by atoms with van der Waals surface area (Å²) in [5.74, 6) is 0.547. The van der Waals surface area contributed by atoms with Crippen molar-refractivity contribution >= 4 is 5.69 Å². The van der Waals surface area contributed by atoms with Crippen LogP contribution in [0.3, 0.4) is 0 Å². The zero-order valence-corrected chi connectivity index (χ0v) is 12.7. The molecule has 0 saturated carbocycles. The molecule has 0 radical (unpaired) electrons. The molecule has 0 amide bonds. The number of aryl methyl sites for hydroxylation is 1. The highest BCUT2D eigenvalue weighted by Crippen LogP contribution is 2.27. The maximum Gasteiger partial charge on any atom is 0.272 e. The van der Waals surface area contributed by atoms with E-state index in [9.17, 15) is 10.1 Å². The minimum atomic E-state index is -0.302. The highest BCUT2D eigenvalue weighted by Gasteiger charge is 2.22. The van der Waals surface area contributed by atoms with Crippen molar-refractivity contribution < 1.29 is 4.92 Å². The van der Waals surface area contributed by atoms with Crippen LogP contribution in [0.2, 0.25) is 0 Å². The van der Waals surface area contributed by atoms with Crippen molar-refractivity contribution in [2.45, 2.75) is 32.2 Å². The number of hydrogen-bond acceptors (Lipinski definition) is 4. The summed E-state index contributed by atoms with van der Waals surface area (Å²) in [7, 11) is 0. The van der Waals surface area contributed by atoms with Gasteiger partial charge in [0.2, 0.25) is 0 Å². The van der Waals surface area contributed by atoms with E-state index in [-0.39, 0.29) is 10.6 Å². The number of aromatic amines is 1. The van der Waals surface area contributed by atoms with Crippen LogP contribution in [0, 0.1) is 17.0 Å². The van der Waals surface area contributed by atoms with Gasteiger partial charge in [-0.15, -0.1) is 0 Å². The first-order chi connectivity index (χ1) is 10.6. The van der Waals surface area contributed by atoms with Crippen molar-refractivity contribution in [3.05, 3.63) is 57.4 Å². The van der Waals surface area contributed by atoms with Crippen LogP contribution < -0.4 is 0 Å². The number of nitrogens with zero attached hydrogens (tertiary/aromatic N) is 3. The molecule has 1 saturated heterocycles. The Balaban J connectivity index is 1.61. The summed E-state index contributed by atoms with van der Waals surface area (Å²) in [6.45, 7) is 4.56. The molecular formula is C16H20N4O2. The first-order valence-electron chi connectivity index (χ1n) is 7.59. The fourth-order valence-electron chi connectivity index (χ4n) is 3.10. The molecule has 22 heavy (non-hydrogen) atoms. The topological polar surface area (TPSA) is 75.1 Å². The summed E-state index contributed by atoms with van der Waals surface area (Å²) < 4.78 is 0. The normalized spacial score (nSPS) is 16.8. The summed E-state index contributed by atoms with van der Waals surface area (Å²) in [5, 5.41) is 18.1. The van der Waals surface area contributed by atoms with Gasteiger partial charge < -0.3 is 0 Å². The standard InChI is InChI=1S/C16H20N4O2/c1-12-2-3-13(10-16(12)20(21)22)11-19-8-5-14(6-9-19)15-4-7-17-18-15/h2-4,7,10,14H,5-6,8-9,11H2,1H3,(H,17,18). The minimum Gasteiger partial charge on any atom is -0.299 e. The van der Waals surface area contributed by atoms with E-state index in [1.807, 2.05) is 18.2 Å². The van der Waals surface area contributed by atoms with Crippen molar-refractivity contribution in [3.63, 3.8) is 0 Å². The van der Waals surface area contributed by atoms with E-state index in [2.05, 4.69) is 15.1 Å². The van der Waals surface area contributed by atoms with E-state index in [1.165, 1.54) is 5.69 Å². The number of nitrogens with one attached hydrogen (secondary N) is 1. The van der Waals surface area contributed by atoms with Crippen molar-refractivity contribution in [1.29, 1.82) is 0 Å². The van der Waals surface area contributed by atoms with Gasteiger partial charge in [-0.3, -0.25) is 20.1 Å². The van der Waals surface area contributed by atoms with Crippen LogP contribution in [0.25, 0.3) is 0 Å². The number of piperidine rings is 1. The van der Waals surface area contributed by atoms with Gasteiger partial charge in [-0.25, -0.2) is 0 Å². The molecule has 1 aliphatic heterocycles. The van der Waals surface area contributed by atoms with E-state index in [1.54, 1.807) is 19.2 Å². The lowest BCUT2D eigenvalue weighted by atomic mass is 9.93. The fraction of sp³-hybridized carbons (Fsp3) is 0.438. The van der Waals surface area contributed by atoms with Gasteiger partial charge in [-0.2, -0.15) is 5.10 Å². The molecule has 0 unspecified atom stereocenters. The molecular weight excluding hydrogens is 280 g/mol. The summed E-state index contributed by atoms with van der Waals surface area (Å²) in [4.78, 5) is 13.1. The Kier molecular flexibility index (Phi) is 4.20. The molecule has 3 rings (SSSR count). The second-order valence-electron chi connectivity index (χ2n) is 5.94. The smallest absolute Gasteiger partial charge is 0.272 e. The Morgan fingerprint density at radius 2 is 2.14 bits per heavy atom. The summed E-state index contributed by atoms with van der Waals surface area (Å²) >= 11 is 0. The molecule has 1 N–H and O–H groups in total. The second kappa shape index (κ2) is 6.27. The highest BCUT2D eigenvalue weighted by molar-refractivity contribution is 5.42. The Morgan fingerprint density at radius 3 is 2.77 bits per heavy atom. The lowest BCUT2D eigenvalue weighted by Crippen LogP contribution is -2.32. The first-order valence-corrected chi connectivity index (χ1v) is 7.59. The number of aromatic nitrogens is 2. The van der Waals surface area contributed by atoms with Gasteiger partial charge in [0.05, 0.1) is 4.92 Å². The Hall–Kier alpha value is -2.21. The van der Waals surface area contributed by atoms with E-state index >= 15 is 0 Å². The summed E-state index contributed by atoms with van der Waals surface area (Å²) in [6, 6.07) is 7.58. The molecule has 116 valence electrons. The predicted octanol–water partition coefficient (Wildman–Crippen LogP) is 3.01. The molecule has 1 aliphatic rings. The third-order valence-electron chi connectivity index (χ3n) is 4.43. The second-order valence-corrected chi connectivity index (χ2v) is 5.94. The Bertz CT molecular complexity index is 646. The number of rotatable bonds is 4. The number of nitro groups is 1. The van der Waals surface area contributed by atoms with E-state index in [4.69, 9.17) is 0 Å². The SMILES string of the molecule is Cc1ccc(CN2CCC(c3ccn[nH]3)CC2)cc1[N+](=O)[O-]. The van der Waals surface area contributed by atoms with Crippen LogP contribution in [-0.4, -0.2) is 33.1 Å².